The molecule has 9 atom stereocenters. The first-order valence-corrected chi connectivity index (χ1v) is 19.6. The normalized spacial score (nSPS) is 26.9. The molecule has 1 saturated heterocycles. The summed E-state index contributed by atoms with van der Waals surface area (Å²) in [4.78, 5) is 36.6. The van der Waals surface area contributed by atoms with Crippen molar-refractivity contribution in [3.63, 3.8) is 0 Å². The van der Waals surface area contributed by atoms with Crippen LogP contribution in [-0.2, 0) is 22.6 Å². The van der Waals surface area contributed by atoms with Crippen molar-refractivity contribution in [3.8, 4) is 22.6 Å². The molecule has 2 bridgehead atoms. The van der Waals surface area contributed by atoms with Gasteiger partial charge < -0.3 is 35.2 Å². The Hall–Kier alpha value is -4.00. The molecule has 3 aromatic carbocycles. The highest BCUT2D eigenvalue weighted by molar-refractivity contribution is 6.00. The van der Waals surface area contributed by atoms with Crippen molar-refractivity contribution in [1.82, 2.24) is 20.6 Å². The van der Waals surface area contributed by atoms with Crippen molar-refractivity contribution in [2.24, 2.45) is 29.1 Å². The predicted octanol–water partition coefficient (Wildman–Crippen LogP) is 4.93. The molecule has 0 radical (unpaired) electrons. The van der Waals surface area contributed by atoms with Crippen molar-refractivity contribution < 1.29 is 34.1 Å². The van der Waals surface area contributed by atoms with Gasteiger partial charge in [-0.25, -0.2) is 0 Å². The van der Waals surface area contributed by atoms with E-state index >= 15 is 0 Å². The number of fused-ring (bicyclic) bond motifs is 2. The minimum absolute atomic E-state index is 0.0280. The summed E-state index contributed by atoms with van der Waals surface area (Å²) in [5.74, 6) is 1.26. The maximum absolute atomic E-state index is 14.3. The maximum atomic E-state index is 14.3. The fraction of sp³-hybridized carbons (Fsp3) is 0.545. The number of rotatable bonds is 15. The minimum Gasteiger partial charge on any atom is -0.496 e. The largest absolute Gasteiger partial charge is 0.496 e. The molecule has 3 aliphatic carbocycles. The summed E-state index contributed by atoms with van der Waals surface area (Å²) >= 11 is 0. The molecule has 2 amide bonds. The van der Waals surface area contributed by atoms with E-state index < -0.39 is 24.2 Å². The van der Waals surface area contributed by atoms with Crippen LogP contribution >= 0.6 is 0 Å². The lowest BCUT2D eigenvalue weighted by atomic mass is 9.45. The van der Waals surface area contributed by atoms with Gasteiger partial charge in [0.2, 0.25) is 5.91 Å². The van der Waals surface area contributed by atoms with Crippen LogP contribution in [0, 0.1) is 29.1 Å². The fourth-order valence-electron chi connectivity index (χ4n) is 9.73. The summed E-state index contributed by atoms with van der Waals surface area (Å²) in [7, 11) is 7.11. The van der Waals surface area contributed by atoms with Gasteiger partial charge in [0.25, 0.3) is 5.91 Å². The minimum atomic E-state index is -0.912. The van der Waals surface area contributed by atoms with E-state index in [4.69, 9.17) is 14.3 Å². The number of ether oxygens (including phenoxy) is 2. The van der Waals surface area contributed by atoms with Gasteiger partial charge in [0, 0.05) is 41.2 Å². The third-order valence-corrected chi connectivity index (χ3v) is 12.7. The first-order valence-electron chi connectivity index (χ1n) is 19.6. The van der Waals surface area contributed by atoms with Crippen LogP contribution in [0.2, 0.25) is 0 Å². The average Bonchev–Trinajstić information content (AvgIpc) is 3.53. The van der Waals surface area contributed by atoms with Gasteiger partial charge in [0.15, 0.2) is 0 Å². The summed E-state index contributed by atoms with van der Waals surface area (Å²) in [6.45, 7) is 8.98. The van der Waals surface area contributed by atoms with Gasteiger partial charge >= 0.3 is 0 Å². The Bertz CT molecular complexity index is 1800. The molecule has 4 N–H and O–H groups in total. The Labute approximate surface area is 326 Å². The smallest absolute Gasteiger partial charge is 0.255 e. The van der Waals surface area contributed by atoms with Gasteiger partial charge in [-0.3, -0.25) is 14.4 Å². The first-order chi connectivity index (χ1) is 26.3. The molecule has 1 aliphatic heterocycles. The molecule has 0 aromatic heterocycles. The summed E-state index contributed by atoms with van der Waals surface area (Å²) < 4.78 is 12.0. The molecule has 0 unspecified atom stereocenters. The molecule has 55 heavy (non-hydrogen) atoms. The van der Waals surface area contributed by atoms with E-state index in [1.165, 1.54) is 6.42 Å². The van der Waals surface area contributed by atoms with E-state index in [2.05, 4.69) is 48.4 Å². The molecule has 1 heterocycles. The molecule has 11 nitrogen and oxygen atoms in total. The third kappa shape index (κ3) is 8.27. The van der Waals surface area contributed by atoms with E-state index in [0.29, 0.717) is 58.9 Å². The molecular formula is C44H60N4O7. The summed E-state index contributed by atoms with van der Waals surface area (Å²) in [5.41, 5.74) is 3.89. The number of nitrogens with zero attached hydrogens (tertiary/aromatic N) is 2. The van der Waals surface area contributed by atoms with E-state index in [1.54, 1.807) is 32.3 Å². The lowest BCUT2D eigenvalue weighted by molar-refractivity contribution is -0.183. The number of nitrogens with one attached hydrogen (secondary N) is 2. The van der Waals surface area contributed by atoms with Gasteiger partial charge in [-0.15, -0.1) is 0 Å². The predicted molar refractivity (Wildman–Crippen MR) is 212 cm³/mol. The van der Waals surface area contributed by atoms with Gasteiger partial charge in [-0.2, -0.15) is 5.06 Å². The van der Waals surface area contributed by atoms with Crippen molar-refractivity contribution >= 4 is 11.8 Å². The van der Waals surface area contributed by atoms with Crippen molar-refractivity contribution in [2.45, 2.75) is 83.8 Å². The highest BCUT2D eigenvalue weighted by Crippen LogP contribution is 2.61. The second-order valence-corrected chi connectivity index (χ2v) is 16.7. The van der Waals surface area contributed by atoms with E-state index in [9.17, 15) is 19.8 Å². The molecule has 3 aromatic rings. The molecule has 4 fully saturated rings. The highest BCUT2D eigenvalue weighted by atomic mass is 16.7. The molecule has 0 spiro atoms. The Kier molecular flexibility index (Phi) is 12.6. The number of amides is 2. The number of carbonyl (C=O) groups excluding carboxylic acids is 2. The van der Waals surface area contributed by atoms with Gasteiger partial charge in [0.1, 0.15) is 23.6 Å². The molecular weight excluding hydrogens is 697 g/mol. The van der Waals surface area contributed by atoms with Gasteiger partial charge in [-0.1, -0.05) is 81.4 Å². The highest BCUT2D eigenvalue weighted by Gasteiger charge is 2.57. The molecule has 3 saturated carbocycles. The third-order valence-electron chi connectivity index (χ3n) is 12.7. The summed E-state index contributed by atoms with van der Waals surface area (Å²) in [5, 5.41) is 29.5. The molecule has 7 rings (SSSR count). The van der Waals surface area contributed by atoms with Gasteiger partial charge in [-0.05, 0) is 75.1 Å². The number of aliphatic hydroxyl groups is 2. The quantitative estimate of drug-likeness (QED) is 0.171. The van der Waals surface area contributed by atoms with E-state index in [-0.39, 0.29) is 42.5 Å². The Morgan fingerprint density at radius 1 is 0.982 bits per heavy atom. The lowest BCUT2D eigenvalue weighted by Gasteiger charge is -2.62. The van der Waals surface area contributed by atoms with Crippen molar-refractivity contribution in [3.05, 3.63) is 83.4 Å². The second kappa shape index (κ2) is 17.0. The van der Waals surface area contributed by atoms with Crippen LogP contribution in [0.25, 0.3) is 11.1 Å². The number of hydroxylamine groups is 2. The monoisotopic (exact) mass is 756 g/mol. The average molecular weight is 757 g/mol. The number of benzene rings is 3. The van der Waals surface area contributed by atoms with Crippen LogP contribution in [0.3, 0.4) is 0 Å². The van der Waals surface area contributed by atoms with Crippen molar-refractivity contribution in [1.29, 1.82) is 0 Å². The summed E-state index contributed by atoms with van der Waals surface area (Å²) in [6, 6.07) is 20.3. The van der Waals surface area contributed by atoms with E-state index in [0.717, 1.165) is 17.5 Å². The topological polar surface area (TPSA) is 133 Å². The summed E-state index contributed by atoms with van der Waals surface area (Å²) in [6.07, 6.45) is 1.11. The zero-order chi connectivity index (χ0) is 39.6. The fourth-order valence-corrected chi connectivity index (χ4v) is 9.73. The Balaban J connectivity index is 1.27. The SMILES string of the molecule is COc1c(CN2O[C@@H](CO)[C@H]([C@H](C)O)[C@H]2C(=O)N[C@H]2C[C@H]3C[C@H]([C@@H]2C)C3(C)C)cccc1-c1cccc(C(=O)N[C@H](Cc2ccccc2)CN(C)C)c1OC. The number of aliphatic hydroxyl groups excluding tert-OH is 2. The zero-order valence-electron chi connectivity index (χ0n) is 33.6. The van der Waals surface area contributed by atoms with Crippen LogP contribution in [0.1, 0.15) is 62.0 Å². The Morgan fingerprint density at radius 3 is 2.25 bits per heavy atom. The maximum Gasteiger partial charge on any atom is 0.255 e. The standard InChI is InChI=1S/C44H60N4O7/c1-26-35-21-30(44(35,3)4)22-36(26)46-43(52)39-38(27(2)50)37(25-49)55-48(39)23-29-16-12-17-32(40(29)53-7)33-18-13-19-34(41(33)54-8)42(51)45-31(24-47(5)6)20-28-14-10-9-11-15-28/h9-19,26-27,30-31,35-39,49-50H,20-25H2,1-8H3,(H,45,51)(H,46,52)/t26-,27-,30+,31+,35+,36-,37-,38-,39-/m0/s1. The number of likely N-dealkylation sites (N-methyl/N-ethyl adjacent to an activating group) is 1. The van der Waals surface area contributed by atoms with Gasteiger partial charge in [0.05, 0.1) is 39.0 Å². The number of carbonyl (C=O) groups is 2. The van der Waals surface area contributed by atoms with E-state index in [1.807, 2.05) is 62.6 Å². The Morgan fingerprint density at radius 2 is 1.65 bits per heavy atom. The van der Waals surface area contributed by atoms with Crippen LogP contribution in [-0.4, -0.2) is 104 Å². The van der Waals surface area contributed by atoms with Crippen LogP contribution < -0.4 is 20.1 Å². The lowest BCUT2D eigenvalue weighted by Crippen LogP contribution is -2.62. The number of methoxy groups -OCH3 is 2. The second-order valence-electron chi connectivity index (χ2n) is 16.7. The molecule has 4 aliphatic rings. The van der Waals surface area contributed by atoms with Crippen LogP contribution in [0.5, 0.6) is 11.5 Å². The zero-order valence-corrected chi connectivity index (χ0v) is 33.6. The number of para-hydroxylation sites is 2. The van der Waals surface area contributed by atoms with Crippen LogP contribution in [0.15, 0.2) is 66.7 Å². The first kappa shape index (κ1) is 40.7. The number of hydrogen-bond acceptors (Lipinski definition) is 9. The van der Waals surface area contributed by atoms with Crippen molar-refractivity contribution in [2.75, 3.05) is 41.5 Å². The van der Waals surface area contributed by atoms with Crippen LogP contribution in [0.4, 0.5) is 0 Å². The molecule has 11 heteroatoms. The molecule has 298 valence electrons. The number of hydrogen-bond donors (Lipinski definition) is 4.